The minimum Gasteiger partial charge on any atom is -0.357 e. The Labute approximate surface area is 203 Å². The second kappa shape index (κ2) is 13.6. The molecular formula is C24H35FIN5. The van der Waals surface area contributed by atoms with E-state index in [-0.39, 0.29) is 29.8 Å². The zero-order valence-corrected chi connectivity index (χ0v) is 20.9. The second-order valence-corrected chi connectivity index (χ2v) is 7.86. The Morgan fingerprint density at radius 1 is 0.968 bits per heavy atom. The van der Waals surface area contributed by atoms with Gasteiger partial charge in [-0.25, -0.2) is 9.38 Å². The molecule has 2 aromatic rings. The first-order chi connectivity index (χ1) is 14.6. The predicted octanol–water partition coefficient (Wildman–Crippen LogP) is 3.49. The lowest BCUT2D eigenvalue weighted by Gasteiger charge is -2.32. The summed E-state index contributed by atoms with van der Waals surface area (Å²) >= 11 is 0. The van der Waals surface area contributed by atoms with Crippen molar-refractivity contribution in [2.75, 3.05) is 46.3 Å². The largest absolute Gasteiger partial charge is 0.357 e. The molecule has 1 fully saturated rings. The van der Waals surface area contributed by atoms with Crippen LogP contribution in [0.15, 0.2) is 53.5 Å². The second-order valence-electron chi connectivity index (χ2n) is 7.86. The molecule has 2 N–H and O–H groups in total. The van der Waals surface area contributed by atoms with E-state index in [0.29, 0.717) is 19.5 Å². The summed E-state index contributed by atoms with van der Waals surface area (Å²) < 4.78 is 13.8. The van der Waals surface area contributed by atoms with Crippen LogP contribution < -0.4 is 10.6 Å². The van der Waals surface area contributed by atoms with Crippen LogP contribution in [0.5, 0.6) is 0 Å². The quantitative estimate of drug-likeness (QED) is 0.307. The van der Waals surface area contributed by atoms with Crippen molar-refractivity contribution in [3.63, 3.8) is 0 Å². The van der Waals surface area contributed by atoms with Crippen molar-refractivity contribution >= 4 is 29.9 Å². The van der Waals surface area contributed by atoms with Crippen molar-refractivity contribution in [1.29, 1.82) is 0 Å². The minimum atomic E-state index is -0.155. The molecule has 3 rings (SSSR count). The summed E-state index contributed by atoms with van der Waals surface area (Å²) in [5.41, 5.74) is 3.25. The number of hydrogen-bond donors (Lipinski definition) is 2. The van der Waals surface area contributed by atoms with Crippen molar-refractivity contribution in [1.82, 2.24) is 20.4 Å². The first-order valence-electron chi connectivity index (χ1n) is 10.9. The Kier molecular flexibility index (Phi) is 11.2. The SMILES string of the molecule is CCNC(=NCc1ccc(CN2CCN(C)CC2)cc1)NCCc1ccccc1F.I. The van der Waals surface area contributed by atoms with E-state index in [1.807, 2.05) is 19.1 Å². The van der Waals surface area contributed by atoms with E-state index >= 15 is 0 Å². The topological polar surface area (TPSA) is 42.9 Å². The van der Waals surface area contributed by atoms with E-state index in [4.69, 9.17) is 0 Å². The maximum Gasteiger partial charge on any atom is 0.191 e. The van der Waals surface area contributed by atoms with Crippen LogP contribution in [0.25, 0.3) is 0 Å². The Balaban J connectivity index is 0.00000341. The Morgan fingerprint density at radius 3 is 2.32 bits per heavy atom. The van der Waals surface area contributed by atoms with Gasteiger partial charge in [-0.05, 0) is 43.1 Å². The van der Waals surface area contributed by atoms with Crippen molar-refractivity contribution in [3.8, 4) is 0 Å². The Hall–Kier alpha value is -1.71. The van der Waals surface area contributed by atoms with Crippen LogP contribution in [0, 0.1) is 5.82 Å². The van der Waals surface area contributed by atoms with Gasteiger partial charge in [0, 0.05) is 45.8 Å². The first-order valence-corrected chi connectivity index (χ1v) is 10.9. The van der Waals surface area contributed by atoms with Gasteiger partial charge >= 0.3 is 0 Å². The summed E-state index contributed by atoms with van der Waals surface area (Å²) in [5, 5.41) is 6.55. The molecule has 7 heteroatoms. The molecule has 0 aliphatic carbocycles. The normalized spacial score (nSPS) is 15.4. The van der Waals surface area contributed by atoms with Gasteiger partial charge in [0.05, 0.1) is 6.54 Å². The van der Waals surface area contributed by atoms with Crippen LogP contribution in [0.4, 0.5) is 4.39 Å². The number of rotatable bonds is 8. The molecule has 0 amide bonds. The summed E-state index contributed by atoms with van der Waals surface area (Å²) in [7, 11) is 2.18. The predicted molar refractivity (Wildman–Crippen MR) is 138 cm³/mol. The van der Waals surface area contributed by atoms with Crippen molar-refractivity contribution in [3.05, 3.63) is 71.0 Å². The lowest BCUT2D eigenvalue weighted by Crippen LogP contribution is -2.43. The summed E-state index contributed by atoms with van der Waals surface area (Å²) in [6.07, 6.45) is 0.623. The van der Waals surface area contributed by atoms with Gasteiger partial charge in [-0.15, -0.1) is 24.0 Å². The molecule has 0 radical (unpaired) electrons. The highest BCUT2D eigenvalue weighted by Crippen LogP contribution is 2.10. The third kappa shape index (κ3) is 8.74. The third-order valence-electron chi connectivity index (χ3n) is 5.43. The zero-order valence-electron chi connectivity index (χ0n) is 18.6. The fraction of sp³-hybridized carbons (Fsp3) is 0.458. The molecule has 0 spiro atoms. The average molecular weight is 539 g/mol. The maximum absolute atomic E-state index is 13.8. The van der Waals surface area contributed by atoms with Crippen molar-refractivity contribution in [2.45, 2.75) is 26.4 Å². The number of nitrogens with one attached hydrogen (secondary N) is 2. The number of piperazine rings is 1. The van der Waals surface area contributed by atoms with E-state index in [9.17, 15) is 4.39 Å². The number of guanidine groups is 1. The van der Waals surface area contributed by atoms with Crippen molar-refractivity contribution < 1.29 is 4.39 Å². The van der Waals surface area contributed by atoms with Gasteiger partial charge in [-0.2, -0.15) is 0 Å². The molecule has 0 unspecified atom stereocenters. The number of likely N-dealkylation sites (N-methyl/N-ethyl adjacent to an activating group) is 1. The van der Waals surface area contributed by atoms with Crippen LogP contribution in [-0.4, -0.2) is 62.1 Å². The van der Waals surface area contributed by atoms with E-state index in [2.05, 4.69) is 56.7 Å². The van der Waals surface area contributed by atoms with Gasteiger partial charge in [-0.3, -0.25) is 4.90 Å². The Morgan fingerprint density at radius 2 is 1.65 bits per heavy atom. The third-order valence-corrected chi connectivity index (χ3v) is 5.43. The average Bonchev–Trinajstić information content (AvgIpc) is 2.76. The minimum absolute atomic E-state index is 0. The zero-order chi connectivity index (χ0) is 21.2. The summed E-state index contributed by atoms with van der Waals surface area (Å²) in [6.45, 7) is 9.64. The molecular weight excluding hydrogens is 504 g/mol. The van der Waals surface area contributed by atoms with Gasteiger partial charge in [0.15, 0.2) is 5.96 Å². The van der Waals surface area contributed by atoms with E-state index < -0.39 is 0 Å². The van der Waals surface area contributed by atoms with Crippen molar-refractivity contribution in [2.24, 2.45) is 4.99 Å². The monoisotopic (exact) mass is 539 g/mol. The molecule has 0 bridgehead atoms. The fourth-order valence-corrected chi connectivity index (χ4v) is 3.54. The molecule has 170 valence electrons. The maximum atomic E-state index is 13.8. The fourth-order valence-electron chi connectivity index (χ4n) is 3.54. The van der Waals surface area contributed by atoms with E-state index in [1.54, 1.807) is 6.07 Å². The van der Waals surface area contributed by atoms with Gasteiger partial charge in [0.2, 0.25) is 0 Å². The molecule has 2 aromatic carbocycles. The molecule has 1 aliphatic heterocycles. The number of nitrogens with zero attached hydrogens (tertiary/aromatic N) is 3. The molecule has 1 heterocycles. The van der Waals surface area contributed by atoms with E-state index in [1.165, 1.54) is 17.2 Å². The molecule has 0 saturated carbocycles. The van der Waals surface area contributed by atoms with Crippen LogP contribution in [0.1, 0.15) is 23.6 Å². The summed E-state index contributed by atoms with van der Waals surface area (Å²) in [6, 6.07) is 15.7. The van der Waals surface area contributed by atoms with E-state index in [0.717, 1.165) is 50.8 Å². The molecule has 0 aromatic heterocycles. The number of aliphatic imine (C=N–C) groups is 1. The van der Waals surface area contributed by atoms with Crippen LogP contribution in [-0.2, 0) is 19.5 Å². The van der Waals surface area contributed by atoms with Gasteiger partial charge in [-0.1, -0.05) is 42.5 Å². The smallest absolute Gasteiger partial charge is 0.191 e. The molecule has 31 heavy (non-hydrogen) atoms. The van der Waals surface area contributed by atoms with Gasteiger partial charge < -0.3 is 15.5 Å². The van der Waals surface area contributed by atoms with Gasteiger partial charge in [0.1, 0.15) is 5.82 Å². The number of halogens is 2. The lowest BCUT2D eigenvalue weighted by molar-refractivity contribution is 0.148. The number of hydrogen-bond acceptors (Lipinski definition) is 3. The van der Waals surface area contributed by atoms with Crippen LogP contribution in [0.2, 0.25) is 0 Å². The summed E-state index contributed by atoms with van der Waals surface area (Å²) in [4.78, 5) is 9.56. The van der Waals surface area contributed by atoms with Crippen LogP contribution >= 0.6 is 24.0 Å². The Bertz CT molecular complexity index is 804. The highest BCUT2D eigenvalue weighted by molar-refractivity contribution is 14.0. The molecule has 1 aliphatic rings. The molecule has 0 atom stereocenters. The van der Waals surface area contributed by atoms with Crippen LogP contribution in [0.3, 0.4) is 0 Å². The molecule has 1 saturated heterocycles. The highest BCUT2D eigenvalue weighted by atomic mass is 127. The first kappa shape index (κ1) is 25.5. The van der Waals surface area contributed by atoms with Gasteiger partial charge in [0.25, 0.3) is 0 Å². The number of benzene rings is 2. The molecule has 5 nitrogen and oxygen atoms in total. The summed E-state index contributed by atoms with van der Waals surface area (Å²) in [5.74, 6) is 0.605. The standard InChI is InChI=1S/C24H34FN5.HI/c1-3-26-24(27-13-12-22-6-4-5-7-23(22)25)28-18-20-8-10-21(11-9-20)19-30-16-14-29(2)15-17-30;/h4-11H,3,12-19H2,1-2H3,(H2,26,27,28);1H. The highest BCUT2D eigenvalue weighted by Gasteiger charge is 2.13. The lowest BCUT2D eigenvalue weighted by atomic mass is 10.1.